The Morgan fingerprint density at radius 2 is 1.65 bits per heavy atom. The van der Waals surface area contributed by atoms with Crippen LogP contribution in [-0.4, -0.2) is 68.1 Å². The highest BCUT2D eigenvalue weighted by molar-refractivity contribution is 7.88. The molecule has 0 aliphatic carbocycles. The Hall–Kier alpha value is -2.72. The van der Waals surface area contributed by atoms with Crippen LogP contribution in [0.5, 0.6) is 0 Å². The van der Waals surface area contributed by atoms with E-state index in [-0.39, 0.29) is 18.5 Å². The summed E-state index contributed by atoms with van der Waals surface area (Å²) in [6, 6.07) is 2.57. The number of allylic oxidation sites excluding steroid dienone is 1. The third-order valence-electron chi connectivity index (χ3n) is 4.48. The standard InChI is InChI=1S/C17H16F9N3O4S/c1-28(2)12-8-10(5-6-27-12)13(30)29-7-3-4-11(9-29)33-34(31,32)17(25,26)15(20,21)14(18,19)16(22,23)24/h5-6,8-9H,3-4,7H2,1-2H3. The van der Waals surface area contributed by atoms with Crippen molar-refractivity contribution in [2.75, 3.05) is 25.5 Å². The number of anilines is 1. The second kappa shape index (κ2) is 8.81. The fraction of sp³-hybridized carbons (Fsp3) is 0.529. The normalized spacial score (nSPS) is 16.2. The summed E-state index contributed by atoms with van der Waals surface area (Å²) in [5, 5.41) is -6.99. The van der Waals surface area contributed by atoms with Gasteiger partial charge >= 0.3 is 33.4 Å². The fourth-order valence-corrected chi connectivity index (χ4v) is 3.58. The molecule has 2 heterocycles. The number of halogens is 9. The van der Waals surface area contributed by atoms with Gasteiger partial charge in [0.05, 0.1) is 0 Å². The van der Waals surface area contributed by atoms with Gasteiger partial charge in [-0.05, 0) is 18.6 Å². The van der Waals surface area contributed by atoms with Gasteiger partial charge in [-0.2, -0.15) is 47.9 Å². The van der Waals surface area contributed by atoms with E-state index < -0.39 is 51.5 Å². The number of hydrogen-bond donors (Lipinski definition) is 0. The summed E-state index contributed by atoms with van der Waals surface area (Å²) in [7, 11) is -3.87. The Balaban J connectivity index is 2.34. The molecule has 2 rings (SSSR count). The molecule has 1 amide bonds. The van der Waals surface area contributed by atoms with Gasteiger partial charge in [-0.1, -0.05) is 0 Å². The van der Waals surface area contributed by atoms with Gasteiger partial charge in [-0.15, -0.1) is 0 Å². The quantitative estimate of drug-likeness (QED) is 0.393. The minimum absolute atomic E-state index is 0.000685. The molecule has 17 heteroatoms. The average Bonchev–Trinajstić information content (AvgIpc) is 2.71. The summed E-state index contributed by atoms with van der Waals surface area (Å²) < 4.78 is 145. The van der Waals surface area contributed by atoms with E-state index in [1.54, 1.807) is 14.1 Å². The maximum absolute atomic E-state index is 13.8. The van der Waals surface area contributed by atoms with Crippen molar-refractivity contribution in [3.05, 3.63) is 35.9 Å². The molecule has 0 saturated carbocycles. The van der Waals surface area contributed by atoms with Crippen LogP contribution in [0.4, 0.5) is 45.3 Å². The highest BCUT2D eigenvalue weighted by Gasteiger charge is 2.86. The van der Waals surface area contributed by atoms with Crippen LogP contribution in [0.15, 0.2) is 30.3 Å². The van der Waals surface area contributed by atoms with Gasteiger partial charge in [0, 0.05) is 45.0 Å². The number of amides is 1. The van der Waals surface area contributed by atoms with Gasteiger partial charge in [0.15, 0.2) is 0 Å². The second-order valence-electron chi connectivity index (χ2n) is 7.20. The Labute approximate surface area is 186 Å². The summed E-state index contributed by atoms with van der Waals surface area (Å²) in [4.78, 5) is 18.9. The number of nitrogens with zero attached hydrogens (tertiary/aromatic N) is 3. The van der Waals surface area contributed by atoms with E-state index in [2.05, 4.69) is 9.17 Å². The van der Waals surface area contributed by atoms with Gasteiger partial charge in [0.2, 0.25) is 0 Å². The van der Waals surface area contributed by atoms with Crippen molar-refractivity contribution in [2.24, 2.45) is 0 Å². The fourth-order valence-electron chi connectivity index (χ4n) is 2.62. The number of carbonyl (C=O) groups is 1. The van der Waals surface area contributed by atoms with Crippen molar-refractivity contribution >= 4 is 21.8 Å². The first-order valence-electron chi connectivity index (χ1n) is 9.05. The molecule has 0 bridgehead atoms. The van der Waals surface area contributed by atoms with Crippen LogP contribution in [0, 0.1) is 0 Å². The highest BCUT2D eigenvalue weighted by Crippen LogP contribution is 2.55. The molecule has 1 aliphatic heterocycles. The Bertz CT molecular complexity index is 1070. The van der Waals surface area contributed by atoms with Gasteiger partial charge in [0.25, 0.3) is 5.91 Å². The third kappa shape index (κ3) is 4.74. The molecule has 34 heavy (non-hydrogen) atoms. The summed E-state index contributed by atoms with van der Waals surface area (Å²) in [5.74, 6) is -16.4. The zero-order valence-electron chi connectivity index (χ0n) is 17.2. The predicted molar refractivity (Wildman–Crippen MR) is 97.8 cm³/mol. The lowest BCUT2D eigenvalue weighted by molar-refractivity contribution is -0.382. The number of alkyl halides is 9. The van der Waals surface area contributed by atoms with Gasteiger partial charge < -0.3 is 14.0 Å². The van der Waals surface area contributed by atoms with Gasteiger partial charge in [-0.25, -0.2) is 4.98 Å². The van der Waals surface area contributed by atoms with Crippen LogP contribution in [-0.2, 0) is 14.3 Å². The lowest BCUT2D eigenvalue weighted by atomic mass is 10.1. The summed E-state index contributed by atoms with van der Waals surface area (Å²) in [6.45, 7) is -0.107. The van der Waals surface area contributed by atoms with Gasteiger partial charge in [-0.3, -0.25) is 4.79 Å². The molecule has 1 aromatic rings. The number of carbonyl (C=O) groups excluding carboxylic acids is 1. The second-order valence-corrected chi connectivity index (χ2v) is 8.78. The number of rotatable bonds is 7. The zero-order chi connectivity index (χ0) is 26.3. The minimum Gasteiger partial charge on any atom is -0.381 e. The topological polar surface area (TPSA) is 79.8 Å². The molecule has 0 saturated heterocycles. The van der Waals surface area contributed by atoms with Crippen molar-refractivity contribution in [2.45, 2.75) is 36.1 Å². The smallest absolute Gasteiger partial charge is 0.381 e. The van der Waals surface area contributed by atoms with Crippen LogP contribution in [0.2, 0.25) is 0 Å². The zero-order valence-corrected chi connectivity index (χ0v) is 18.0. The summed E-state index contributed by atoms with van der Waals surface area (Å²) in [5.41, 5.74) is 0.000685. The molecule has 0 radical (unpaired) electrons. The molecule has 1 aromatic heterocycles. The van der Waals surface area contributed by atoms with Crippen molar-refractivity contribution in [1.29, 1.82) is 0 Å². The highest BCUT2D eigenvalue weighted by atomic mass is 32.2. The molecule has 0 N–H and O–H groups in total. The van der Waals surface area contributed by atoms with E-state index in [1.165, 1.54) is 23.2 Å². The predicted octanol–water partition coefficient (Wildman–Crippen LogP) is 4.00. The molecule has 0 fully saturated rings. The molecule has 192 valence electrons. The molecule has 7 nitrogen and oxygen atoms in total. The van der Waals surface area contributed by atoms with Crippen molar-refractivity contribution in [1.82, 2.24) is 9.88 Å². The minimum atomic E-state index is -7.42. The molecule has 1 aliphatic rings. The molecule has 0 aromatic carbocycles. The monoisotopic (exact) mass is 529 g/mol. The van der Waals surface area contributed by atoms with E-state index in [1.807, 2.05) is 0 Å². The first kappa shape index (κ1) is 27.5. The van der Waals surface area contributed by atoms with E-state index in [0.717, 1.165) is 4.90 Å². The molecule has 0 spiro atoms. The van der Waals surface area contributed by atoms with Crippen molar-refractivity contribution in [3.8, 4) is 0 Å². The summed E-state index contributed by atoms with van der Waals surface area (Å²) >= 11 is 0. The maximum Gasteiger partial charge on any atom is 0.460 e. The third-order valence-corrected chi connectivity index (χ3v) is 5.80. The van der Waals surface area contributed by atoms with Crippen LogP contribution in [0.1, 0.15) is 23.2 Å². The van der Waals surface area contributed by atoms with Crippen molar-refractivity contribution < 1.29 is 56.9 Å². The van der Waals surface area contributed by atoms with Crippen LogP contribution in [0.25, 0.3) is 0 Å². The Kier molecular flexibility index (Phi) is 7.13. The van der Waals surface area contributed by atoms with Crippen LogP contribution in [0.3, 0.4) is 0 Å². The number of pyridine rings is 1. The molecule has 0 atom stereocenters. The number of hydrogen-bond acceptors (Lipinski definition) is 6. The number of aromatic nitrogens is 1. The van der Waals surface area contributed by atoms with Crippen LogP contribution < -0.4 is 4.90 Å². The lowest BCUT2D eigenvalue weighted by Crippen LogP contribution is -2.63. The van der Waals surface area contributed by atoms with E-state index >= 15 is 0 Å². The molecule has 0 unspecified atom stereocenters. The Morgan fingerprint density at radius 1 is 1.06 bits per heavy atom. The first-order valence-corrected chi connectivity index (χ1v) is 10.5. The average molecular weight is 529 g/mol. The molecular formula is C17H16F9N3O4S. The maximum atomic E-state index is 13.8. The summed E-state index contributed by atoms with van der Waals surface area (Å²) in [6.07, 6.45) is -6.06. The van der Waals surface area contributed by atoms with E-state index in [9.17, 15) is 52.7 Å². The molecular weight excluding hydrogens is 513 g/mol. The van der Waals surface area contributed by atoms with E-state index in [0.29, 0.717) is 12.0 Å². The SMILES string of the molecule is CN(C)c1cc(C(=O)N2C=C(OS(=O)(=O)C(F)(F)C(F)(F)C(F)(F)C(F)(F)F)CCC2)ccn1. The van der Waals surface area contributed by atoms with E-state index in [4.69, 9.17) is 0 Å². The lowest BCUT2D eigenvalue weighted by Gasteiger charge is -2.33. The van der Waals surface area contributed by atoms with Crippen LogP contribution >= 0.6 is 0 Å². The Morgan fingerprint density at radius 3 is 2.18 bits per heavy atom. The largest absolute Gasteiger partial charge is 0.460 e. The van der Waals surface area contributed by atoms with Gasteiger partial charge in [0.1, 0.15) is 11.6 Å². The first-order chi connectivity index (χ1) is 15.3. The van der Waals surface area contributed by atoms with Crippen molar-refractivity contribution in [3.63, 3.8) is 0 Å².